The summed E-state index contributed by atoms with van der Waals surface area (Å²) in [5, 5.41) is 8.41. The van der Waals surface area contributed by atoms with E-state index >= 15 is 0 Å². The summed E-state index contributed by atoms with van der Waals surface area (Å²) >= 11 is 0. The van der Waals surface area contributed by atoms with E-state index in [1.807, 2.05) is 13.8 Å². The van der Waals surface area contributed by atoms with Gasteiger partial charge < -0.3 is 10.00 Å². The monoisotopic (exact) mass is 194 g/mol. The molecule has 0 radical (unpaired) electrons. The topological polar surface area (TPSA) is 74.6 Å². The Morgan fingerprint density at radius 3 is 2.25 bits per heavy atom. The molecule has 2 N–H and O–H groups in total. The van der Waals surface area contributed by atoms with Crippen LogP contribution in [0.4, 0.5) is 0 Å². The maximum absolute atomic E-state index is 10.7. The van der Waals surface area contributed by atoms with E-state index in [4.69, 9.17) is 10.00 Å². The van der Waals surface area contributed by atoms with Gasteiger partial charge in [-0.25, -0.2) is 0 Å². The first-order valence-corrected chi connectivity index (χ1v) is 5.31. The van der Waals surface area contributed by atoms with Crippen LogP contribution in [0.25, 0.3) is 0 Å². The van der Waals surface area contributed by atoms with Crippen LogP contribution in [0.2, 0.25) is 0 Å². The van der Waals surface area contributed by atoms with Crippen molar-refractivity contribution in [3.05, 3.63) is 0 Å². The Labute approximate surface area is 72.5 Å². The first kappa shape index (κ1) is 11.7. The number of rotatable bonds is 5. The Morgan fingerprint density at radius 2 is 2.00 bits per heavy atom. The molecule has 0 aromatic heterocycles. The van der Waals surface area contributed by atoms with Crippen molar-refractivity contribution in [2.24, 2.45) is 5.92 Å². The Balaban J connectivity index is 4.04. The Bertz CT molecular complexity index is 178. The van der Waals surface area contributed by atoms with E-state index < -0.39 is 19.7 Å². The lowest BCUT2D eigenvalue weighted by molar-refractivity contribution is -0.137. The molecule has 0 saturated heterocycles. The molecule has 72 valence electrons. The molecule has 12 heavy (non-hydrogen) atoms. The predicted molar refractivity (Wildman–Crippen MR) is 46.7 cm³/mol. The molecule has 4 nitrogen and oxygen atoms in total. The zero-order valence-corrected chi connectivity index (χ0v) is 8.28. The van der Waals surface area contributed by atoms with Crippen molar-refractivity contribution in [2.75, 3.05) is 0 Å². The van der Waals surface area contributed by atoms with Gasteiger partial charge in [0, 0.05) is 5.66 Å². The van der Waals surface area contributed by atoms with Gasteiger partial charge in [0.15, 0.2) is 8.03 Å². The summed E-state index contributed by atoms with van der Waals surface area (Å²) in [4.78, 5) is 19.1. The van der Waals surface area contributed by atoms with Crippen LogP contribution in [-0.2, 0) is 9.36 Å². The first-order chi connectivity index (χ1) is 5.43. The third kappa shape index (κ3) is 5.33. The third-order valence-electron chi connectivity index (χ3n) is 1.53. The molecule has 0 aromatic carbocycles. The number of carboxylic acid groups (broad SMARTS) is 1. The number of aliphatic carboxylic acids is 1. The van der Waals surface area contributed by atoms with Crippen LogP contribution in [0.15, 0.2) is 0 Å². The molecule has 0 rings (SSSR count). The lowest BCUT2D eigenvalue weighted by Gasteiger charge is -2.12. The zero-order valence-electron chi connectivity index (χ0n) is 7.28. The molecule has 0 aliphatic carbocycles. The highest BCUT2D eigenvalue weighted by Gasteiger charge is 2.19. The number of hydrogen-bond donors (Lipinski definition) is 2. The molecule has 0 amide bonds. The minimum Gasteiger partial charge on any atom is -0.481 e. The standard InChI is InChI=1S/C7H15O4P/c1-5(2)3-6(12(10)11)4-7(8)9/h5-6,12H,3-4H2,1-2H3,(H,8,9)(H,10,11). The maximum atomic E-state index is 10.7. The molecule has 0 bridgehead atoms. The Morgan fingerprint density at radius 1 is 1.50 bits per heavy atom. The molecule has 0 saturated carbocycles. The summed E-state index contributed by atoms with van der Waals surface area (Å²) in [7, 11) is -2.69. The van der Waals surface area contributed by atoms with Crippen LogP contribution in [0.3, 0.4) is 0 Å². The molecule has 0 aromatic rings. The van der Waals surface area contributed by atoms with Crippen LogP contribution in [0.1, 0.15) is 26.7 Å². The van der Waals surface area contributed by atoms with Gasteiger partial charge in [0.1, 0.15) is 0 Å². The first-order valence-electron chi connectivity index (χ1n) is 3.88. The number of carboxylic acids is 1. The molecular formula is C7H15O4P. The van der Waals surface area contributed by atoms with E-state index in [0.29, 0.717) is 6.42 Å². The van der Waals surface area contributed by atoms with Crippen LogP contribution in [-0.4, -0.2) is 21.6 Å². The summed E-state index contributed by atoms with van der Waals surface area (Å²) in [5.41, 5.74) is -0.563. The molecule has 0 heterocycles. The molecule has 2 atom stereocenters. The van der Waals surface area contributed by atoms with Gasteiger partial charge in [-0.05, 0) is 12.3 Å². The van der Waals surface area contributed by atoms with Gasteiger partial charge in [0.2, 0.25) is 0 Å². The normalized spacial score (nSPS) is 16.0. The molecule has 0 aliphatic heterocycles. The van der Waals surface area contributed by atoms with E-state index in [0.717, 1.165) is 0 Å². The minimum absolute atomic E-state index is 0.202. The number of hydrogen-bond acceptors (Lipinski definition) is 2. The van der Waals surface area contributed by atoms with E-state index in [1.54, 1.807) is 0 Å². The van der Waals surface area contributed by atoms with Gasteiger partial charge in [-0.2, -0.15) is 0 Å². The van der Waals surface area contributed by atoms with Crippen molar-refractivity contribution in [2.45, 2.75) is 32.3 Å². The van der Waals surface area contributed by atoms with Crippen molar-refractivity contribution in [3.8, 4) is 0 Å². The van der Waals surface area contributed by atoms with Crippen LogP contribution in [0.5, 0.6) is 0 Å². The van der Waals surface area contributed by atoms with Crippen LogP contribution < -0.4 is 0 Å². The van der Waals surface area contributed by atoms with Gasteiger partial charge >= 0.3 is 5.97 Å². The molecular weight excluding hydrogens is 179 g/mol. The van der Waals surface area contributed by atoms with Gasteiger partial charge in [-0.1, -0.05) is 13.8 Å². The summed E-state index contributed by atoms with van der Waals surface area (Å²) in [6.45, 7) is 3.80. The van der Waals surface area contributed by atoms with E-state index in [9.17, 15) is 9.36 Å². The largest absolute Gasteiger partial charge is 0.481 e. The third-order valence-corrected chi connectivity index (χ3v) is 2.66. The lowest BCUT2D eigenvalue weighted by atomic mass is 10.1. The Hall–Kier alpha value is -0.340. The minimum atomic E-state index is -2.69. The average molecular weight is 194 g/mol. The van der Waals surface area contributed by atoms with Crippen molar-refractivity contribution in [3.63, 3.8) is 0 Å². The SMILES string of the molecule is CC(C)CC(CC(=O)O)[PH](=O)O. The van der Waals surface area contributed by atoms with E-state index in [1.165, 1.54) is 0 Å². The molecule has 0 aliphatic rings. The second kappa shape index (κ2) is 5.33. The molecule has 0 fully saturated rings. The highest BCUT2D eigenvalue weighted by Crippen LogP contribution is 2.30. The summed E-state index contributed by atoms with van der Waals surface area (Å²) < 4.78 is 10.7. The lowest BCUT2D eigenvalue weighted by Crippen LogP contribution is -2.12. The van der Waals surface area contributed by atoms with Crippen molar-refractivity contribution in [1.29, 1.82) is 0 Å². The summed E-state index contributed by atoms with van der Waals surface area (Å²) in [6, 6.07) is 0. The van der Waals surface area contributed by atoms with E-state index in [-0.39, 0.29) is 12.3 Å². The zero-order chi connectivity index (χ0) is 9.72. The average Bonchev–Trinajstić information content (AvgIpc) is 1.83. The smallest absolute Gasteiger partial charge is 0.304 e. The molecule has 2 unspecified atom stereocenters. The highest BCUT2D eigenvalue weighted by atomic mass is 31.1. The van der Waals surface area contributed by atoms with Gasteiger partial charge in [-0.15, -0.1) is 0 Å². The molecule has 5 heteroatoms. The maximum Gasteiger partial charge on any atom is 0.304 e. The molecule has 0 spiro atoms. The summed E-state index contributed by atoms with van der Waals surface area (Å²) in [6.07, 6.45) is 0.299. The van der Waals surface area contributed by atoms with Crippen LogP contribution in [0, 0.1) is 5.92 Å². The fourth-order valence-electron chi connectivity index (χ4n) is 1.05. The van der Waals surface area contributed by atoms with E-state index in [2.05, 4.69) is 0 Å². The van der Waals surface area contributed by atoms with Gasteiger partial charge in [0.25, 0.3) is 0 Å². The fraction of sp³-hybridized carbons (Fsp3) is 0.857. The van der Waals surface area contributed by atoms with Crippen molar-refractivity contribution >= 4 is 14.0 Å². The fourth-order valence-corrected chi connectivity index (χ4v) is 2.07. The van der Waals surface area contributed by atoms with Crippen molar-refractivity contribution < 1.29 is 19.4 Å². The van der Waals surface area contributed by atoms with Crippen LogP contribution >= 0.6 is 8.03 Å². The van der Waals surface area contributed by atoms with Gasteiger partial charge in [0.05, 0.1) is 6.42 Å². The second-order valence-corrected chi connectivity index (χ2v) is 4.76. The number of carbonyl (C=O) groups is 1. The van der Waals surface area contributed by atoms with Gasteiger partial charge in [-0.3, -0.25) is 9.36 Å². The predicted octanol–water partition coefficient (Wildman–Crippen LogP) is 1.34. The Kier molecular flexibility index (Phi) is 5.18. The van der Waals surface area contributed by atoms with Crippen molar-refractivity contribution in [1.82, 2.24) is 0 Å². The quantitative estimate of drug-likeness (QED) is 0.647. The second-order valence-electron chi connectivity index (χ2n) is 3.26. The highest BCUT2D eigenvalue weighted by molar-refractivity contribution is 7.38. The summed E-state index contributed by atoms with van der Waals surface area (Å²) in [5.74, 6) is -0.747.